The second-order valence-corrected chi connectivity index (χ2v) is 5.03. The van der Waals surface area contributed by atoms with Crippen molar-refractivity contribution in [1.82, 2.24) is 15.5 Å². The standard InChI is InChI=1S/C14H17N3O2/c18-12-14(16-13(19)15-12,11-7-3-1-4-8-11)17-9-5-2-6-10-17/h1,3-4,7-8H,2,5-6,9-10H2,(H2,15,16,18,19). The molecule has 3 rings (SSSR count). The summed E-state index contributed by atoms with van der Waals surface area (Å²) < 4.78 is 0. The lowest BCUT2D eigenvalue weighted by molar-refractivity contribution is -0.132. The summed E-state index contributed by atoms with van der Waals surface area (Å²) in [6.45, 7) is 1.64. The molecule has 0 aromatic heterocycles. The van der Waals surface area contributed by atoms with Gasteiger partial charge >= 0.3 is 6.03 Å². The van der Waals surface area contributed by atoms with E-state index in [1.54, 1.807) is 0 Å². The predicted octanol–water partition coefficient (Wildman–Crippen LogP) is 1.16. The highest BCUT2D eigenvalue weighted by atomic mass is 16.2. The third kappa shape index (κ3) is 1.90. The van der Waals surface area contributed by atoms with Crippen LogP contribution in [-0.2, 0) is 10.5 Å². The molecule has 1 aromatic carbocycles. The third-order valence-corrected chi connectivity index (χ3v) is 3.87. The van der Waals surface area contributed by atoms with Crippen molar-refractivity contribution in [2.75, 3.05) is 13.1 Å². The van der Waals surface area contributed by atoms with Crippen LogP contribution in [0.5, 0.6) is 0 Å². The molecule has 0 aliphatic carbocycles. The van der Waals surface area contributed by atoms with Crippen LogP contribution in [0.1, 0.15) is 24.8 Å². The molecule has 1 aromatic rings. The fraction of sp³-hybridized carbons (Fsp3) is 0.429. The Morgan fingerprint density at radius 3 is 2.26 bits per heavy atom. The molecule has 2 aliphatic rings. The number of imide groups is 1. The van der Waals surface area contributed by atoms with Gasteiger partial charge in [-0.1, -0.05) is 36.8 Å². The van der Waals surface area contributed by atoms with E-state index in [2.05, 4.69) is 15.5 Å². The summed E-state index contributed by atoms with van der Waals surface area (Å²) in [6, 6.07) is 9.04. The van der Waals surface area contributed by atoms with Crippen molar-refractivity contribution in [1.29, 1.82) is 0 Å². The monoisotopic (exact) mass is 259 g/mol. The van der Waals surface area contributed by atoms with Gasteiger partial charge in [0, 0.05) is 18.7 Å². The summed E-state index contributed by atoms with van der Waals surface area (Å²) >= 11 is 0. The Bertz CT molecular complexity index is 497. The van der Waals surface area contributed by atoms with Gasteiger partial charge in [0.2, 0.25) is 5.66 Å². The number of hydrogen-bond donors (Lipinski definition) is 2. The molecule has 5 heteroatoms. The first kappa shape index (κ1) is 12.2. The van der Waals surface area contributed by atoms with Crippen molar-refractivity contribution >= 4 is 11.9 Å². The Kier molecular flexibility index (Phi) is 2.98. The van der Waals surface area contributed by atoms with Crippen LogP contribution >= 0.6 is 0 Å². The Balaban J connectivity index is 2.05. The van der Waals surface area contributed by atoms with Crippen LogP contribution in [0, 0.1) is 0 Å². The van der Waals surface area contributed by atoms with E-state index in [-0.39, 0.29) is 5.91 Å². The molecule has 2 fully saturated rings. The van der Waals surface area contributed by atoms with Gasteiger partial charge in [-0.15, -0.1) is 0 Å². The molecule has 5 nitrogen and oxygen atoms in total. The largest absolute Gasteiger partial charge is 0.323 e. The zero-order chi connectivity index (χ0) is 13.3. The van der Waals surface area contributed by atoms with Crippen LogP contribution < -0.4 is 10.6 Å². The average molecular weight is 259 g/mol. The SMILES string of the molecule is O=C1NC(=O)C(c2ccccc2)(N2CCCCC2)N1. The Morgan fingerprint density at radius 2 is 1.68 bits per heavy atom. The molecular weight excluding hydrogens is 242 g/mol. The van der Waals surface area contributed by atoms with Gasteiger partial charge in [-0.25, -0.2) is 4.79 Å². The Hall–Kier alpha value is -1.88. The van der Waals surface area contributed by atoms with E-state index in [9.17, 15) is 9.59 Å². The lowest BCUT2D eigenvalue weighted by Crippen LogP contribution is -2.59. The number of piperidine rings is 1. The molecule has 3 amide bonds. The van der Waals surface area contributed by atoms with Crippen molar-refractivity contribution in [3.63, 3.8) is 0 Å². The number of nitrogens with zero attached hydrogens (tertiary/aromatic N) is 1. The van der Waals surface area contributed by atoms with Crippen LogP contribution in [-0.4, -0.2) is 29.9 Å². The molecule has 2 saturated heterocycles. The smallest absolute Gasteiger partial charge is 0.307 e. The molecule has 19 heavy (non-hydrogen) atoms. The van der Waals surface area contributed by atoms with Crippen molar-refractivity contribution in [3.05, 3.63) is 35.9 Å². The molecule has 0 bridgehead atoms. The van der Waals surface area contributed by atoms with Crippen molar-refractivity contribution in [2.24, 2.45) is 0 Å². The van der Waals surface area contributed by atoms with E-state index in [4.69, 9.17) is 0 Å². The van der Waals surface area contributed by atoms with Crippen LogP contribution in [0.15, 0.2) is 30.3 Å². The first-order chi connectivity index (χ1) is 9.23. The first-order valence-electron chi connectivity index (χ1n) is 6.67. The summed E-state index contributed by atoms with van der Waals surface area (Å²) in [5.74, 6) is -0.273. The number of benzene rings is 1. The molecule has 0 radical (unpaired) electrons. The Morgan fingerprint density at radius 1 is 1.00 bits per heavy atom. The minimum atomic E-state index is -1.03. The number of nitrogens with one attached hydrogen (secondary N) is 2. The van der Waals surface area contributed by atoms with Gasteiger partial charge in [0.05, 0.1) is 0 Å². The quantitative estimate of drug-likeness (QED) is 0.784. The Labute approximate surface area is 112 Å². The minimum absolute atomic E-state index is 0.273. The van der Waals surface area contributed by atoms with Gasteiger partial charge in [0.1, 0.15) is 0 Å². The number of likely N-dealkylation sites (tertiary alicyclic amines) is 1. The maximum atomic E-state index is 12.4. The molecule has 0 saturated carbocycles. The number of carbonyl (C=O) groups excluding carboxylic acids is 2. The molecule has 2 N–H and O–H groups in total. The molecular formula is C14H17N3O2. The van der Waals surface area contributed by atoms with Crippen LogP contribution in [0.3, 0.4) is 0 Å². The number of amides is 3. The van der Waals surface area contributed by atoms with E-state index < -0.39 is 11.7 Å². The minimum Gasteiger partial charge on any atom is -0.307 e. The summed E-state index contributed by atoms with van der Waals surface area (Å²) in [4.78, 5) is 26.1. The van der Waals surface area contributed by atoms with Crippen LogP contribution in [0.2, 0.25) is 0 Å². The van der Waals surface area contributed by atoms with Crippen LogP contribution in [0.25, 0.3) is 0 Å². The lowest BCUT2D eigenvalue weighted by Gasteiger charge is -2.40. The topological polar surface area (TPSA) is 61.4 Å². The average Bonchev–Trinajstić information content (AvgIpc) is 2.76. The van der Waals surface area contributed by atoms with E-state index in [0.29, 0.717) is 0 Å². The normalized spacial score (nSPS) is 28.0. The van der Waals surface area contributed by atoms with E-state index in [0.717, 1.165) is 31.5 Å². The van der Waals surface area contributed by atoms with E-state index in [1.807, 2.05) is 30.3 Å². The molecule has 1 unspecified atom stereocenters. The number of urea groups is 1. The van der Waals surface area contributed by atoms with E-state index in [1.165, 1.54) is 6.42 Å². The number of rotatable bonds is 2. The summed E-state index contributed by atoms with van der Waals surface area (Å²) in [7, 11) is 0. The summed E-state index contributed by atoms with van der Waals surface area (Å²) in [5, 5.41) is 5.20. The number of carbonyl (C=O) groups is 2. The van der Waals surface area contributed by atoms with Crippen molar-refractivity contribution < 1.29 is 9.59 Å². The third-order valence-electron chi connectivity index (χ3n) is 3.87. The maximum Gasteiger partial charge on any atom is 0.323 e. The van der Waals surface area contributed by atoms with Gasteiger partial charge < -0.3 is 5.32 Å². The van der Waals surface area contributed by atoms with Crippen molar-refractivity contribution in [3.8, 4) is 0 Å². The fourth-order valence-corrected chi connectivity index (χ4v) is 2.96. The van der Waals surface area contributed by atoms with Crippen molar-refractivity contribution in [2.45, 2.75) is 24.9 Å². The van der Waals surface area contributed by atoms with Gasteiger partial charge in [-0.2, -0.15) is 0 Å². The van der Waals surface area contributed by atoms with Gasteiger partial charge in [-0.3, -0.25) is 15.0 Å². The lowest BCUT2D eigenvalue weighted by atomic mass is 9.94. The number of hydrogen-bond acceptors (Lipinski definition) is 3. The second kappa shape index (κ2) is 4.66. The van der Waals surface area contributed by atoms with Gasteiger partial charge in [0.15, 0.2) is 0 Å². The molecule has 100 valence electrons. The molecule has 2 aliphatic heterocycles. The maximum absolute atomic E-state index is 12.4. The zero-order valence-corrected chi connectivity index (χ0v) is 10.7. The zero-order valence-electron chi connectivity index (χ0n) is 10.7. The summed E-state index contributed by atoms with van der Waals surface area (Å²) in [5.41, 5.74) is -0.209. The predicted molar refractivity (Wildman–Crippen MR) is 70.2 cm³/mol. The molecule has 0 spiro atoms. The highest BCUT2D eigenvalue weighted by Crippen LogP contribution is 2.31. The van der Waals surface area contributed by atoms with Crippen LogP contribution in [0.4, 0.5) is 4.79 Å². The molecule has 2 heterocycles. The second-order valence-electron chi connectivity index (χ2n) is 5.03. The highest BCUT2D eigenvalue weighted by molar-refractivity contribution is 6.07. The first-order valence-corrected chi connectivity index (χ1v) is 6.67. The fourth-order valence-electron chi connectivity index (χ4n) is 2.96. The van der Waals surface area contributed by atoms with Gasteiger partial charge in [0.25, 0.3) is 5.91 Å². The summed E-state index contributed by atoms with van der Waals surface area (Å²) in [6.07, 6.45) is 3.28. The highest BCUT2D eigenvalue weighted by Gasteiger charge is 2.52. The van der Waals surface area contributed by atoms with Gasteiger partial charge in [-0.05, 0) is 12.8 Å². The molecule has 1 atom stereocenters. The van der Waals surface area contributed by atoms with E-state index >= 15 is 0 Å².